The number of fused-ring (bicyclic) bond motifs is 1. The van der Waals surface area contributed by atoms with Crippen molar-refractivity contribution >= 4 is 29.1 Å². The number of carbonyl (C=O) groups excluding carboxylic acids is 2. The number of hydrogen-bond donors (Lipinski definition) is 1. The summed E-state index contributed by atoms with van der Waals surface area (Å²) in [6.45, 7) is 0.833. The molecule has 0 unspecified atom stereocenters. The zero-order valence-corrected chi connectivity index (χ0v) is 15.3. The van der Waals surface area contributed by atoms with E-state index in [1.165, 1.54) is 12.7 Å². The zero-order valence-electron chi connectivity index (χ0n) is 15.3. The standard InChI is InChI=1S/C21H18N4O3/c1-28-21(27)15-6-4-7-16(13-15)22-20(26)17-9-10-19(24-23-17)25-12-11-14-5-2-3-8-18(14)25/h2-10,13H,11-12H2,1H3,(H,22,26). The quantitative estimate of drug-likeness (QED) is 0.706. The third-order valence-corrected chi connectivity index (χ3v) is 4.59. The van der Waals surface area contributed by atoms with Gasteiger partial charge in [-0.05, 0) is 48.4 Å². The van der Waals surface area contributed by atoms with Crippen LogP contribution in [0.1, 0.15) is 26.4 Å². The summed E-state index contributed by atoms with van der Waals surface area (Å²) in [5.74, 6) is -0.164. The summed E-state index contributed by atoms with van der Waals surface area (Å²) >= 11 is 0. The van der Waals surface area contributed by atoms with Gasteiger partial charge in [-0.1, -0.05) is 24.3 Å². The number of anilines is 3. The third-order valence-electron chi connectivity index (χ3n) is 4.59. The predicted molar refractivity (Wildman–Crippen MR) is 105 cm³/mol. The predicted octanol–water partition coefficient (Wildman–Crippen LogP) is 3.21. The molecule has 0 aliphatic carbocycles. The maximum absolute atomic E-state index is 12.5. The van der Waals surface area contributed by atoms with E-state index in [2.05, 4.69) is 37.3 Å². The van der Waals surface area contributed by atoms with Crippen molar-refractivity contribution in [3.05, 3.63) is 77.5 Å². The number of amides is 1. The van der Waals surface area contributed by atoms with Crippen LogP contribution in [0.5, 0.6) is 0 Å². The van der Waals surface area contributed by atoms with E-state index in [-0.39, 0.29) is 5.69 Å². The number of benzene rings is 2. The molecule has 140 valence electrons. The van der Waals surface area contributed by atoms with Crippen LogP contribution >= 0.6 is 0 Å². The number of hydrogen-bond acceptors (Lipinski definition) is 6. The van der Waals surface area contributed by atoms with Gasteiger partial charge in [0.1, 0.15) is 0 Å². The second-order valence-corrected chi connectivity index (χ2v) is 6.33. The van der Waals surface area contributed by atoms with Crippen LogP contribution in [0.15, 0.2) is 60.7 Å². The smallest absolute Gasteiger partial charge is 0.337 e. The first-order chi connectivity index (χ1) is 13.7. The zero-order chi connectivity index (χ0) is 19.5. The van der Waals surface area contributed by atoms with Crippen LogP contribution in [0.2, 0.25) is 0 Å². The summed E-state index contributed by atoms with van der Waals surface area (Å²) in [6, 6.07) is 18.1. The Kier molecular flexibility index (Phi) is 4.72. The van der Waals surface area contributed by atoms with E-state index in [0.29, 0.717) is 17.1 Å². The molecular formula is C21H18N4O3. The average molecular weight is 374 g/mol. The molecule has 3 aromatic rings. The lowest BCUT2D eigenvalue weighted by molar-refractivity contribution is 0.0600. The van der Waals surface area contributed by atoms with Gasteiger partial charge in [0, 0.05) is 17.9 Å². The van der Waals surface area contributed by atoms with Gasteiger partial charge in [0.25, 0.3) is 5.91 Å². The Balaban J connectivity index is 1.49. The molecule has 0 fully saturated rings. The largest absolute Gasteiger partial charge is 0.465 e. The number of nitrogens with one attached hydrogen (secondary N) is 1. The highest BCUT2D eigenvalue weighted by Crippen LogP contribution is 2.32. The number of nitrogens with zero attached hydrogens (tertiary/aromatic N) is 3. The van der Waals surface area contributed by atoms with Crippen molar-refractivity contribution in [2.24, 2.45) is 0 Å². The third kappa shape index (κ3) is 3.42. The second-order valence-electron chi connectivity index (χ2n) is 6.33. The van der Waals surface area contributed by atoms with Crippen molar-refractivity contribution in [1.29, 1.82) is 0 Å². The Bertz CT molecular complexity index is 1030. The van der Waals surface area contributed by atoms with Gasteiger partial charge in [0.05, 0.1) is 12.7 Å². The monoisotopic (exact) mass is 374 g/mol. The highest BCUT2D eigenvalue weighted by molar-refractivity contribution is 6.03. The maximum atomic E-state index is 12.5. The Morgan fingerprint density at radius 2 is 1.89 bits per heavy atom. The lowest BCUT2D eigenvalue weighted by Crippen LogP contribution is -2.18. The fourth-order valence-electron chi connectivity index (χ4n) is 3.20. The summed E-state index contributed by atoms with van der Waals surface area (Å²) in [4.78, 5) is 26.1. The first-order valence-corrected chi connectivity index (χ1v) is 8.84. The Hall–Kier alpha value is -3.74. The molecule has 2 aromatic carbocycles. The molecule has 0 atom stereocenters. The average Bonchev–Trinajstić information content (AvgIpc) is 3.17. The molecular weight excluding hydrogens is 356 g/mol. The van der Waals surface area contributed by atoms with Gasteiger partial charge in [0.2, 0.25) is 0 Å². The molecule has 0 spiro atoms. The van der Waals surface area contributed by atoms with Crippen molar-refractivity contribution in [3.63, 3.8) is 0 Å². The van der Waals surface area contributed by atoms with Gasteiger partial charge >= 0.3 is 5.97 Å². The van der Waals surface area contributed by atoms with Crippen molar-refractivity contribution < 1.29 is 14.3 Å². The molecule has 0 saturated carbocycles. The minimum absolute atomic E-state index is 0.194. The van der Waals surface area contributed by atoms with E-state index in [4.69, 9.17) is 0 Å². The first kappa shape index (κ1) is 17.7. The van der Waals surface area contributed by atoms with Crippen LogP contribution in [0, 0.1) is 0 Å². The molecule has 1 amide bonds. The van der Waals surface area contributed by atoms with E-state index in [1.54, 1.807) is 36.4 Å². The minimum atomic E-state index is -0.467. The van der Waals surface area contributed by atoms with Gasteiger partial charge in [-0.3, -0.25) is 4.79 Å². The maximum Gasteiger partial charge on any atom is 0.337 e. The number of rotatable bonds is 4. The fourth-order valence-corrected chi connectivity index (χ4v) is 3.20. The molecule has 1 N–H and O–H groups in total. The number of esters is 1. The number of aromatic nitrogens is 2. The lowest BCUT2D eigenvalue weighted by atomic mass is 10.2. The van der Waals surface area contributed by atoms with Gasteiger partial charge in [0.15, 0.2) is 11.5 Å². The number of para-hydroxylation sites is 1. The van der Waals surface area contributed by atoms with Crippen molar-refractivity contribution in [2.75, 3.05) is 23.9 Å². The normalized spacial score (nSPS) is 12.4. The summed E-state index contributed by atoms with van der Waals surface area (Å²) < 4.78 is 4.69. The summed E-state index contributed by atoms with van der Waals surface area (Å²) in [5.41, 5.74) is 3.42. The molecule has 4 rings (SSSR count). The fraction of sp³-hybridized carbons (Fsp3) is 0.143. The SMILES string of the molecule is COC(=O)c1cccc(NC(=O)c2ccc(N3CCc4ccccc43)nn2)c1. The summed E-state index contributed by atoms with van der Waals surface area (Å²) in [7, 11) is 1.31. The van der Waals surface area contributed by atoms with Crippen LogP contribution in [-0.4, -0.2) is 35.7 Å². The van der Waals surface area contributed by atoms with Crippen LogP contribution in [0.3, 0.4) is 0 Å². The molecule has 0 radical (unpaired) electrons. The van der Waals surface area contributed by atoms with E-state index >= 15 is 0 Å². The molecule has 7 heteroatoms. The van der Waals surface area contributed by atoms with Crippen molar-refractivity contribution in [2.45, 2.75) is 6.42 Å². The highest BCUT2D eigenvalue weighted by atomic mass is 16.5. The topological polar surface area (TPSA) is 84.4 Å². The highest BCUT2D eigenvalue weighted by Gasteiger charge is 2.21. The van der Waals surface area contributed by atoms with E-state index in [0.717, 1.165) is 18.7 Å². The van der Waals surface area contributed by atoms with Gasteiger partial charge < -0.3 is 15.0 Å². The van der Waals surface area contributed by atoms with Crippen LogP contribution in [0.4, 0.5) is 17.2 Å². The molecule has 2 heterocycles. The van der Waals surface area contributed by atoms with Crippen molar-refractivity contribution in [1.82, 2.24) is 10.2 Å². The lowest BCUT2D eigenvalue weighted by Gasteiger charge is -2.17. The van der Waals surface area contributed by atoms with Gasteiger partial charge in [-0.25, -0.2) is 4.79 Å². The summed E-state index contributed by atoms with van der Waals surface area (Å²) in [6.07, 6.45) is 0.955. The molecule has 1 aliphatic rings. The molecule has 1 aromatic heterocycles. The number of carbonyl (C=O) groups is 2. The minimum Gasteiger partial charge on any atom is -0.465 e. The van der Waals surface area contributed by atoms with E-state index in [1.807, 2.05) is 12.1 Å². The number of methoxy groups -OCH3 is 1. The van der Waals surface area contributed by atoms with Crippen LogP contribution in [-0.2, 0) is 11.2 Å². The van der Waals surface area contributed by atoms with E-state index in [9.17, 15) is 9.59 Å². The molecule has 0 bridgehead atoms. The van der Waals surface area contributed by atoms with Crippen molar-refractivity contribution in [3.8, 4) is 0 Å². The molecule has 0 saturated heterocycles. The number of ether oxygens (including phenoxy) is 1. The van der Waals surface area contributed by atoms with Gasteiger partial charge in [-0.2, -0.15) is 0 Å². The van der Waals surface area contributed by atoms with Gasteiger partial charge in [-0.15, -0.1) is 10.2 Å². The van der Waals surface area contributed by atoms with E-state index < -0.39 is 11.9 Å². The molecule has 28 heavy (non-hydrogen) atoms. The molecule has 1 aliphatic heterocycles. The molecule has 7 nitrogen and oxygen atoms in total. The summed E-state index contributed by atoms with van der Waals surface area (Å²) in [5, 5.41) is 11.0. The van der Waals surface area contributed by atoms with Crippen LogP contribution < -0.4 is 10.2 Å². The van der Waals surface area contributed by atoms with Crippen LogP contribution in [0.25, 0.3) is 0 Å². The Morgan fingerprint density at radius 3 is 2.68 bits per heavy atom. The Morgan fingerprint density at radius 1 is 1.04 bits per heavy atom. The Labute approximate surface area is 162 Å². The first-order valence-electron chi connectivity index (χ1n) is 8.84. The second kappa shape index (κ2) is 7.48.